The molecule has 10 heteroatoms. The summed E-state index contributed by atoms with van der Waals surface area (Å²) in [5.41, 5.74) is 5.04. The van der Waals surface area contributed by atoms with E-state index in [2.05, 4.69) is 15.3 Å². The molecular formula is C11H16N6O4. The summed E-state index contributed by atoms with van der Waals surface area (Å²) >= 11 is 0. The second-order valence-corrected chi connectivity index (χ2v) is 4.52. The number of nitrogens with one attached hydrogen (secondary N) is 1. The van der Waals surface area contributed by atoms with E-state index in [1.165, 1.54) is 0 Å². The minimum Gasteiger partial charge on any atom is -0.378 e. The van der Waals surface area contributed by atoms with Gasteiger partial charge in [-0.05, 0) is 6.92 Å². The Morgan fingerprint density at radius 2 is 2.19 bits per heavy atom. The van der Waals surface area contributed by atoms with Gasteiger partial charge in [0.05, 0.1) is 18.1 Å². The van der Waals surface area contributed by atoms with Gasteiger partial charge in [-0.3, -0.25) is 14.9 Å². The van der Waals surface area contributed by atoms with Crippen LogP contribution in [-0.4, -0.2) is 58.0 Å². The molecule has 1 aromatic heterocycles. The van der Waals surface area contributed by atoms with Gasteiger partial charge >= 0.3 is 5.69 Å². The van der Waals surface area contributed by atoms with Gasteiger partial charge in [-0.2, -0.15) is 0 Å². The van der Waals surface area contributed by atoms with Crippen molar-refractivity contribution >= 4 is 23.2 Å². The minimum absolute atomic E-state index is 0.0680. The summed E-state index contributed by atoms with van der Waals surface area (Å²) in [6.45, 7) is 3.58. The summed E-state index contributed by atoms with van der Waals surface area (Å²) in [6, 6.07) is -0.670. The van der Waals surface area contributed by atoms with Crippen LogP contribution in [0.2, 0.25) is 0 Å². The fourth-order valence-corrected chi connectivity index (χ4v) is 2.00. The average Bonchev–Trinajstić information content (AvgIpc) is 2.47. The van der Waals surface area contributed by atoms with Gasteiger partial charge in [0.1, 0.15) is 12.4 Å². The number of hydrogen-bond donors (Lipinski definition) is 2. The number of rotatable bonds is 4. The van der Waals surface area contributed by atoms with Crippen molar-refractivity contribution in [3.05, 3.63) is 16.4 Å². The maximum atomic E-state index is 12.2. The summed E-state index contributed by atoms with van der Waals surface area (Å²) in [7, 11) is 0. The molecule has 1 atom stereocenters. The van der Waals surface area contributed by atoms with Crippen LogP contribution in [0, 0.1) is 10.1 Å². The number of aromatic nitrogens is 2. The standard InChI is InChI=1S/C11H16N6O4/c1-7(11(18)16-2-4-21-5-3-16)15-10-8(17(19)20)9(12)13-6-14-10/h6-7H,2-5H2,1H3,(H3,12,13,14,15). The number of nitrogens with two attached hydrogens (primary N) is 1. The Kier molecular flexibility index (Phi) is 4.48. The lowest BCUT2D eigenvalue weighted by Gasteiger charge is -2.29. The average molecular weight is 296 g/mol. The predicted molar refractivity (Wildman–Crippen MR) is 73.6 cm³/mol. The van der Waals surface area contributed by atoms with E-state index in [4.69, 9.17) is 10.5 Å². The van der Waals surface area contributed by atoms with Crippen LogP contribution in [0.25, 0.3) is 0 Å². The van der Waals surface area contributed by atoms with E-state index in [1.54, 1.807) is 11.8 Å². The molecule has 3 N–H and O–H groups in total. The van der Waals surface area contributed by atoms with E-state index in [9.17, 15) is 14.9 Å². The number of ether oxygens (including phenoxy) is 1. The van der Waals surface area contributed by atoms with Gasteiger partial charge in [-0.1, -0.05) is 0 Å². The zero-order valence-electron chi connectivity index (χ0n) is 11.5. The molecular weight excluding hydrogens is 280 g/mol. The van der Waals surface area contributed by atoms with Gasteiger partial charge in [0.2, 0.25) is 17.5 Å². The van der Waals surface area contributed by atoms with Crippen LogP contribution in [0.3, 0.4) is 0 Å². The zero-order chi connectivity index (χ0) is 15.4. The second-order valence-electron chi connectivity index (χ2n) is 4.52. The number of nitrogens with zero attached hydrogens (tertiary/aromatic N) is 4. The fraction of sp³-hybridized carbons (Fsp3) is 0.545. The van der Waals surface area contributed by atoms with Crippen LogP contribution < -0.4 is 11.1 Å². The van der Waals surface area contributed by atoms with Crippen molar-refractivity contribution < 1.29 is 14.5 Å². The van der Waals surface area contributed by atoms with Crippen LogP contribution in [0.5, 0.6) is 0 Å². The highest BCUT2D eigenvalue weighted by Crippen LogP contribution is 2.26. The van der Waals surface area contributed by atoms with E-state index in [1.807, 2.05) is 0 Å². The van der Waals surface area contributed by atoms with Crippen molar-refractivity contribution in [2.75, 3.05) is 37.4 Å². The first-order chi connectivity index (χ1) is 10.0. The number of nitro groups is 1. The molecule has 1 aliphatic rings. The number of carbonyl (C=O) groups is 1. The van der Waals surface area contributed by atoms with Gasteiger partial charge in [0.25, 0.3) is 0 Å². The SMILES string of the molecule is CC(Nc1ncnc(N)c1[N+](=O)[O-])C(=O)N1CCOCC1. The fourth-order valence-electron chi connectivity index (χ4n) is 2.00. The first kappa shape index (κ1) is 14.9. The molecule has 1 amide bonds. The Balaban J connectivity index is 2.12. The lowest BCUT2D eigenvalue weighted by Crippen LogP contribution is -2.47. The molecule has 114 valence electrons. The molecule has 0 spiro atoms. The van der Waals surface area contributed by atoms with E-state index >= 15 is 0 Å². The second kappa shape index (κ2) is 6.31. The summed E-state index contributed by atoms with van der Waals surface area (Å²) in [5.74, 6) is -0.491. The summed E-state index contributed by atoms with van der Waals surface area (Å²) in [5, 5.41) is 13.7. The van der Waals surface area contributed by atoms with Crippen molar-refractivity contribution in [3.63, 3.8) is 0 Å². The highest BCUT2D eigenvalue weighted by atomic mass is 16.6. The van der Waals surface area contributed by atoms with Crippen LogP contribution in [0.15, 0.2) is 6.33 Å². The first-order valence-corrected chi connectivity index (χ1v) is 6.38. The highest BCUT2D eigenvalue weighted by molar-refractivity contribution is 5.85. The zero-order valence-corrected chi connectivity index (χ0v) is 11.5. The number of carbonyl (C=O) groups excluding carboxylic acids is 1. The normalized spacial score (nSPS) is 16.3. The molecule has 1 saturated heterocycles. The molecule has 1 aromatic rings. The van der Waals surface area contributed by atoms with E-state index < -0.39 is 16.7 Å². The van der Waals surface area contributed by atoms with E-state index in [0.29, 0.717) is 26.3 Å². The third kappa shape index (κ3) is 3.34. The number of morpholine rings is 1. The number of hydrogen-bond acceptors (Lipinski definition) is 8. The van der Waals surface area contributed by atoms with Gasteiger partial charge < -0.3 is 20.7 Å². The van der Waals surface area contributed by atoms with E-state index in [0.717, 1.165) is 6.33 Å². The molecule has 2 heterocycles. The van der Waals surface area contributed by atoms with Crippen LogP contribution in [0.1, 0.15) is 6.92 Å². The Bertz CT molecular complexity index is 546. The van der Waals surface area contributed by atoms with Gasteiger partial charge in [-0.15, -0.1) is 0 Å². The lowest BCUT2D eigenvalue weighted by atomic mass is 10.2. The van der Waals surface area contributed by atoms with Crippen molar-refractivity contribution in [1.82, 2.24) is 14.9 Å². The van der Waals surface area contributed by atoms with Crippen LogP contribution >= 0.6 is 0 Å². The smallest absolute Gasteiger partial charge is 0.353 e. The Morgan fingerprint density at radius 1 is 1.52 bits per heavy atom. The molecule has 0 bridgehead atoms. The van der Waals surface area contributed by atoms with E-state index in [-0.39, 0.29) is 17.5 Å². The predicted octanol–water partition coefficient (Wildman–Crippen LogP) is -0.374. The maximum Gasteiger partial charge on any atom is 0.353 e. The molecule has 2 rings (SSSR count). The Labute approximate surface area is 120 Å². The van der Waals surface area contributed by atoms with Crippen LogP contribution in [0.4, 0.5) is 17.3 Å². The van der Waals surface area contributed by atoms with Gasteiger partial charge in [0, 0.05) is 13.1 Å². The largest absolute Gasteiger partial charge is 0.378 e. The Hall–Kier alpha value is -2.49. The van der Waals surface area contributed by atoms with Crippen molar-refractivity contribution in [2.24, 2.45) is 0 Å². The number of anilines is 2. The molecule has 0 aromatic carbocycles. The van der Waals surface area contributed by atoms with Crippen LogP contribution in [-0.2, 0) is 9.53 Å². The topological polar surface area (TPSA) is 137 Å². The molecule has 10 nitrogen and oxygen atoms in total. The third-order valence-electron chi connectivity index (χ3n) is 3.08. The molecule has 21 heavy (non-hydrogen) atoms. The van der Waals surface area contributed by atoms with Gasteiger partial charge in [-0.25, -0.2) is 9.97 Å². The maximum absolute atomic E-state index is 12.2. The number of amides is 1. The molecule has 1 unspecified atom stereocenters. The summed E-state index contributed by atoms with van der Waals surface area (Å²) in [4.78, 5) is 31.5. The summed E-state index contributed by atoms with van der Waals surface area (Å²) in [6.07, 6.45) is 1.11. The Morgan fingerprint density at radius 3 is 2.81 bits per heavy atom. The molecule has 1 aliphatic heterocycles. The van der Waals surface area contributed by atoms with Crippen molar-refractivity contribution in [3.8, 4) is 0 Å². The molecule has 1 fully saturated rings. The monoisotopic (exact) mass is 296 g/mol. The molecule has 0 aliphatic carbocycles. The minimum atomic E-state index is -0.677. The first-order valence-electron chi connectivity index (χ1n) is 6.38. The summed E-state index contributed by atoms with van der Waals surface area (Å²) < 4.78 is 5.17. The molecule has 0 radical (unpaired) electrons. The van der Waals surface area contributed by atoms with Crippen molar-refractivity contribution in [1.29, 1.82) is 0 Å². The molecule has 0 saturated carbocycles. The highest BCUT2D eigenvalue weighted by Gasteiger charge is 2.27. The number of nitrogen functional groups attached to an aromatic ring is 1. The van der Waals surface area contributed by atoms with Gasteiger partial charge in [0.15, 0.2) is 0 Å². The van der Waals surface area contributed by atoms with Crippen molar-refractivity contribution in [2.45, 2.75) is 13.0 Å². The quantitative estimate of drug-likeness (QED) is 0.567. The third-order valence-corrected chi connectivity index (χ3v) is 3.08. The lowest BCUT2D eigenvalue weighted by molar-refractivity contribution is -0.383.